The Kier molecular flexibility index (Phi) is 7.63. The van der Waals surface area contributed by atoms with Crippen molar-refractivity contribution in [2.45, 2.75) is 38.6 Å². The van der Waals surface area contributed by atoms with Crippen molar-refractivity contribution in [1.29, 1.82) is 0 Å². The summed E-state index contributed by atoms with van der Waals surface area (Å²) in [6.07, 6.45) is 3.73. The highest BCUT2D eigenvalue weighted by Gasteiger charge is 2.09. The van der Waals surface area contributed by atoms with E-state index in [-0.39, 0.29) is 0 Å². The molecule has 0 heterocycles. The van der Waals surface area contributed by atoms with Gasteiger partial charge in [-0.05, 0) is 32.4 Å². The molecule has 0 fully saturated rings. The molecule has 0 rings (SSSR count). The van der Waals surface area contributed by atoms with E-state index in [1.54, 1.807) is 0 Å². The van der Waals surface area contributed by atoms with Crippen molar-refractivity contribution in [3.63, 3.8) is 0 Å². The summed E-state index contributed by atoms with van der Waals surface area (Å²) in [7, 11) is 0. The topological polar surface area (TPSA) is 75.3 Å². The number of hydrogen-bond donors (Lipinski definition) is 3. The third-order valence-corrected chi connectivity index (χ3v) is 1.89. The van der Waals surface area contributed by atoms with Crippen molar-refractivity contribution < 1.29 is 9.90 Å². The fraction of sp³-hybridized carbons (Fsp3) is 0.889. The smallest absolute Gasteiger partial charge is 0.320 e. The minimum absolute atomic E-state index is 0.550. The molecule has 0 aliphatic heterocycles. The first-order valence-electron chi connectivity index (χ1n) is 4.87. The van der Waals surface area contributed by atoms with Crippen molar-refractivity contribution in [2.24, 2.45) is 5.73 Å². The highest BCUT2D eigenvalue weighted by atomic mass is 16.4. The van der Waals surface area contributed by atoms with Crippen LogP contribution in [-0.2, 0) is 4.79 Å². The van der Waals surface area contributed by atoms with Gasteiger partial charge in [0.1, 0.15) is 6.04 Å². The average Bonchev–Trinajstić information content (AvgIpc) is 2.10. The first-order chi connectivity index (χ1) is 6.18. The molecule has 0 radical (unpaired) electrons. The number of nitrogens with two attached hydrogens (primary N) is 1. The molecule has 0 aliphatic rings. The fourth-order valence-electron chi connectivity index (χ4n) is 0.997. The largest absolute Gasteiger partial charge is 0.480 e. The molecule has 78 valence electrons. The molecule has 1 atom stereocenters. The number of carboxylic acid groups (broad SMARTS) is 1. The van der Waals surface area contributed by atoms with Gasteiger partial charge < -0.3 is 16.2 Å². The van der Waals surface area contributed by atoms with Gasteiger partial charge in [0.2, 0.25) is 0 Å². The number of hydrogen-bond acceptors (Lipinski definition) is 3. The lowest BCUT2D eigenvalue weighted by Gasteiger charge is -2.06. The summed E-state index contributed by atoms with van der Waals surface area (Å²) in [6.45, 7) is 4.02. The molecule has 0 spiro atoms. The maximum absolute atomic E-state index is 10.3. The Morgan fingerprint density at radius 3 is 2.62 bits per heavy atom. The third-order valence-electron chi connectivity index (χ3n) is 1.89. The van der Waals surface area contributed by atoms with Crippen molar-refractivity contribution in [2.75, 3.05) is 13.1 Å². The van der Waals surface area contributed by atoms with Gasteiger partial charge in [-0.15, -0.1) is 0 Å². The number of carboxylic acids is 1. The molecule has 4 N–H and O–H groups in total. The number of nitrogens with one attached hydrogen (secondary N) is 1. The van der Waals surface area contributed by atoms with Crippen LogP contribution < -0.4 is 11.1 Å². The average molecular weight is 188 g/mol. The summed E-state index contributed by atoms with van der Waals surface area (Å²) in [5, 5.41) is 11.7. The van der Waals surface area contributed by atoms with E-state index in [0.717, 1.165) is 19.5 Å². The molecule has 1 unspecified atom stereocenters. The summed E-state index contributed by atoms with van der Waals surface area (Å²) >= 11 is 0. The standard InChI is InChI=1S/C9H20N2O2/c1-2-3-6-11-7-4-5-8(10)9(12)13/h8,11H,2-7,10H2,1H3,(H,12,13). The van der Waals surface area contributed by atoms with Gasteiger partial charge in [-0.25, -0.2) is 0 Å². The summed E-state index contributed by atoms with van der Waals surface area (Å²) in [6, 6.07) is -0.701. The molecule has 0 aliphatic carbocycles. The number of aliphatic carboxylic acids is 1. The quantitative estimate of drug-likeness (QED) is 0.487. The van der Waals surface area contributed by atoms with Crippen molar-refractivity contribution in [3.05, 3.63) is 0 Å². The molecule has 0 saturated heterocycles. The van der Waals surface area contributed by atoms with Gasteiger partial charge in [-0.3, -0.25) is 4.79 Å². The Labute approximate surface area is 79.5 Å². The van der Waals surface area contributed by atoms with E-state index < -0.39 is 12.0 Å². The molecular weight excluding hydrogens is 168 g/mol. The maximum atomic E-state index is 10.3. The van der Waals surface area contributed by atoms with Crippen LogP contribution in [0.15, 0.2) is 0 Å². The highest BCUT2D eigenvalue weighted by Crippen LogP contribution is 1.93. The molecule has 0 bridgehead atoms. The molecular formula is C9H20N2O2. The Morgan fingerprint density at radius 2 is 2.08 bits per heavy atom. The lowest BCUT2D eigenvalue weighted by Crippen LogP contribution is -2.31. The lowest BCUT2D eigenvalue weighted by atomic mass is 10.2. The van der Waals surface area contributed by atoms with Gasteiger partial charge in [0, 0.05) is 0 Å². The summed E-state index contributed by atoms with van der Waals surface area (Å²) in [5.41, 5.74) is 5.33. The molecule has 0 aromatic heterocycles. The molecule has 4 nitrogen and oxygen atoms in total. The van der Waals surface area contributed by atoms with Crippen LogP contribution in [0.25, 0.3) is 0 Å². The van der Waals surface area contributed by atoms with Gasteiger partial charge in [0.05, 0.1) is 0 Å². The monoisotopic (exact) mass is 188 g/mol. The molecule has 0 saturated carbocycles. The number of carbonyl (C=O) groups is 1. The van der Waals surface area contributed by atoms with E-state index in [9.17, 15) is 4.79 Å². The van der Waals surface area contributed by atoms with Gasteiger partial charge in [0.25, 0.3) is 0 Å². The van der Waals surface area contributed by atoms with Crippen molar-refractivity contribution in [3.8, 4) is 0 Å². The first kappa shape index (κ1) is 12.4. The molecule has 0 amide bonds. The number of unbranched alkanes of at least 4 members (excludes halogenated alkanes) is 1. The minimum Gasteiger partial charge on any atom is -0.480 e. The predicted octanol–water partition coefficient (Wildman–Crippen LogP) is 0.568. The van der Waals surface area contributed by atoms with Gasteiger partial charge in [-0.1, -0.05) is 13.3 Å². The highest BCUT2D eigenvalue weighted by molar-refractivity contribution is 5.72. The minimum atomic E-state index is -0.909. The van der Waals surface area contributed by atoms with E-state index in [4.69, 9.17) is 10.8 Å². The van der Waals surface area contributed by atoms with Crippen LogP contribution in [0.3, 0.4) is 0 Å². The van der Waals surface area contributed by atoms with Crippen LogP contribution in [0.4, 0.5) is 0 Å². The van der Waals surface area contributed by atoms with Gasteiger partial charge in [-0.2, -0.15) is 0 Å². The van der Waals surface area contributed by atoms with Crippen LogP contribution in [-0.4, -0.2) is 30.2 Å². The SMILES string of the molecule is CCCCNCCCC(N)C(=O)O. The maximum Gasteiger partial charge on any atom is 0.320 e. The van der Waals surface area contributed by atoms with Crippen LogP contribution in [0.1, 0.15) is 32.6 Å². The molecule has 0 aromatic carbocycles. The zero-order valence-electron chi connectivity index (χ0n) is 8.25. The second-order valence-corrected chi connectivity index (χ2v) is 3.19. The van der Waals surface area contributed by atoms with Crippen LogP contribution in [0.2, 0.25) is 0 Å². The van der Waals surface area contributed by atoms with E-state index >= 15 is 0 Å². The van der Waals surface area contributed by atoms with E-state index in [2.05, 4.69) is 12.2 Å². The third kappa shape index (κ3) is 7.74. The number of rotatable bonds is 8. The van der Waals surface area contributed by atoms with E-state index in [1.165, 1.54) is 12.8 Å². The van der Waals surface area contributed by atoms with E-state index in [0.29, 0.717) is 6.42 Å². The summed E-state index contributed by atoms with van der Waals surface area (Å²) in [5.74, 6) is -0.909. The fourth-order valence-corrected chi connectivity index (χ4v) is 0.997. The Bertz CT molecular complexity index is 140. The Morgan fingerprint density at radius 1 is 1.46 bits per heavy atom. The molecule has 0 aromatic rings. The molecule has 13 heavy (non-hydrogen) atoms. The molecule has 4 heteroatoms. The van der Waals surface area contributed by atoms with E-state index in [1.807, 2.05) is 0 Å². The predicted molar refractivity (Wildman–Crippen MR) is 52.6 cm³/mol. The second kappa shape index (κ2) is 8.01. The first-order valence-corrected chi connectivity index (χ1v) is 4.87. The van der Waals surface area contributed by atoms with Crippen LogP contribution in [0, 0.1) is 0 Å². The van der Waals surface area contributed by atoms with Crippen LogP contribution >= 0.6 is 0 Å². The Balaban J connectivity index is 3.11. The van der Waals surface area contributed by atoms with Crippen molar-refractivity contribution in [1.82, 2.24) is 5.32 Å². The normalized spacial score (nSPS) is 12.8. The Hall–Kier alpha value is -0.610. The summed E-state index contributed by atoms with van der Waals surface area (Å²) < 4.78 is 0. The van der Waals surface area contributed by atoms with Crippen LogP contribution in [0.5, 0.6) is 0 Å². The van der Waals surface area contributed by atoms with Crippen molar-refractivity contribution >= 4 is 5.97 Å². The zero-order chi connectivity index (χ0) is 10.1. The second-order valence-electron chi connectivity index (χ2n) is 3.19. The lowest BCUT2D eigenvalue weighted by molar-refractivity contribution is -0.138. The van der Waals surface area contributed by atoms with Gasteiger partial charge >= 0.3 is 5.97 Å². The van der Waals surface area contributed by atoms with Gasteiger partial charge in [0.15, 0.2) is 0 Å². The summed E-state index contributed by atoms with van der Waals surface area (Å²) in [4.78, 5) is 10.3. The zero-order valence-corrected chi connectivity index (χ0v) is 8.25.